The van der Waals surface area contributed by atoms with Crippen molar-refractivity contribution in [2.45, 2.75) is 18.9 Å². The first-order valence-corrected chi connectivity index (χ1v) is 5.03. The van der Waals surface area contributed by atoms with Gasteiger partial charge in [-0.15, -0.1) is 0 Å². The molecule has 0 aliphatic carbocycles. The van der Waals surface area contributed by atoms with Crippen molar-refractivity contribution in [2.24, 2.45) is 0 Å². The van der Waals surface area contributed by atoms with Crippen LogP contribution in [-0.4, -0.2) is 48.9 Å². The highest BCUT2D eigenvalue weighted by Crippen LogP contribution is 2.12. The van der Waals surface area contributed by atoms with Crippen LogP contribution in [0.5, 0.6) is 0 Å². The van der Waals surface area contributed by atoms with Crippen molar-refractivity contribution in [1.82, 2.24) is 15.5 Å². The molecule has 2 aliphatic rings. The molecule has 0 unspecified atom stereocenters. The molecule has 0 saturated carbocycles. The van der Waals surface area contributed by atoms with Gasteiger partial charge in [-0.2, -0.15) is 0 Å². The van der Waals surface area contributed by atoms with E-state index < -0.39 is 0 Å². The lowest BCUT2D eigenvalue weighted by Gasteiger charge is -2.24. The van der Waals surface area contributed by atoms with Crippen LogP contribution in [0.4, 0.5) is 0 Å². The summed E-state index contributed by atoms with van der Waals surface area (Å²) in [4.78, 5) is 24.8. The molecule has 78 valence electrons. The molecule has 0 atom stereocenters. The molecule has 2 N–H and O–H groups in total. The van der Waals surface area contributed by atoms with Crippen LogP contribution in [0, 0.1) is 0 Å². The Balaban J connectivity index is 2.08. The number of nitrogens with one attached hydrogen (secondary N) is 2. The predicted octanol–water partition coefficient (Wildman–Crippen LogP) is -1.30. The summed E-state index contributed by atoms with van der Waals surface area (Å²) in [5.41, 5.74) is 0. The van der Waals surface area contributed by atoms with Gasteiger partial charge in [-0.05, 0) is 0 Å². The lowest BCUT2D eigenvalue weighted by Crippen LogP contribution is -2.37. The topological polar surface area (TPSA) is 61.4 Å². The highest BCUT2D eigenvalue weighted by molar-refractivity contribution is 5.80. The molecule has 0 radical (unpaired) electrons. The van der Waals surface area contributed by atoms with Crippen LogP contribution in [0.1, 0.15) is 12.8 Å². The second-order valence-corrected chi connectivity index (χ2v) is 3.80. The largest absolute Gasteiger partial charge is 0.355 e. The molecule has 5 heteroatoms. The molecule has 2 saturated heterocycles. The van der Waals surface area contributed by atoms with Crippen molar-refractivity contribution in [1.29, 1.82) is 0 Å². The lowest BCUT2D eigenvalue weighted by molar-refractivity contribution is -0.122. The number of hydrogen-bond donors (Lipinski definition) is 2. The van der Waals surface area contributed by atoms with E-state index in [-0.39, 0.29) is 17.9 Å². The zero-order chi connectivity index (χ0) is 9.97. The fourth-order valence-electron chi connectivity index (χ4n) is 2.06. The first kappa shape index (κ1) is 9.45. The Labute approximate surface area is 82.8 Å². The SMILES string of the molecule is O=C1CC2CC(=O)NCCN2CCN1. The zero-order valence-corrected chi connectivity index (χ0v) is 8.08. The second-order valence-electron chi connectivity index (χ2n) is 3.80. The fraction of sp³-hybridized carbons (Fsp3) is 0.778. The molecule has 5 nitrogen and oxygen atoms in total. The van der Waals surface area contributed by atoms with E-state index in [1.54, 1.807) is 0 Å². The second kappa shape index (κ2) is 3.96. The summed E-state index contributed by atoms with van der Waals surface area (Å²) in [5.74, 6) is 0.124. The summed E-state index contributed by atoms with van der Waals surface area (Å²) in [6, 6.07) is 0.0972. The summed E-state index contributed by atoms with van der Waals surface area (Å²) in [7, 11) is 0. The van der Waals surface area contributed by atoms with Gasteiger partial charge < -0.3 is 10.6 Å². The maximum atomic E-state index is 11.3. The van der Waals surface area contributed by atoms with Gasteiger partial charge in [-0.3, -0.25) is 14.5 Å². The van der Waals surface area contributed by atoms with Crippen LogP contribution in [-0.2, 0) is 9.59 Å². The van der Waals surface area contributed by atoms with E-state index in [9.17, 15) is 9.59 Å². The lowest BCUT2D eigenvalue weighted by atomic mass is 10.1. The first-order valence-electron chi connectivity index (χ1n) is 5.03. The van der Waals surface area contributed by atoms with E-state index in [1.165, 1.54) is 0 Å². The van der Waals surface area contributed by atoms with E-state index in [0.717, 1.165) is 13.1 Å². The minimum atomic E-state index is 0.0622. The summed E-state index contributed by atoms with van der Waals surface area (Å²) in [6.45, 7) is 3.10. The zero-order valence-electron chi connectivity index (χ0n) is 8.08. The van der Waals surface area contributed by atoms with Crippen LogP contribution in [0.15, 0.2) is 0 Å². The third kappa shape index (κ3) is 2.04. The van der Waals surface area contributed by atoms with Crippen LogP contribution >= 0.6 is 0 Å². The maximum absolute atomic E-state index is 11.3. The smallest absolute Gasteiger partial charge is 0.221 e. The number of fused-ring (bicyclic) bond motifs is 1. The highest BCUT2D eigenvalue weighted by Gasteiger charge is 2.28. The molecule has 0 aromatic rings. The van der Waals surface area contributed by atoms with Crippen LogP contribution in [0.2, 0.25) is 0 Å². The molecule has 2 rings (SSSR count). The number of rotatable bonds is 0. The Kier molecular flexibility index (Phi) is 2.67. The maximum Gasteiger partial charge on any atom is 0.221 e. The summed E-state index contributed by atoms with van der Waals surface area (Å²) >= 11 is 0. The first-order chi connectivity index (χ1) is 6.75. The van der Waals surface area contributed by atoms with Gasteiger partial charge in [0.2, 0.25) is 11.8 Å². The van der Waals surface area contributed by atoms with Gasteiger partial charge in [0.1, 0.15) is 0 Å². The molecule has 0 aromatic carbocycles. The van der Waals surface area contributed by atoms with Gasteiger partial charge in [0, 0.05) is 45.1 Å². The van der Waals surface area contributed by atoms with Gasteiger partial charge in [0.25, 0.3) is 0 Å². The number of carbonyl (C=O) groups is 2. The molecule has 2 heterocycles. The Morgan fingerprint density at radius 2 is 1.50 bits per heavy atom. The van der Waals surface area contributed by atoms with E-state index in [1.807, 2.05) is 0 Å². The van der Waals surface area contributed by atoms with Crippen LogP contribution < -0.4 is 10.6 Å². The molecule has 2 fully saturated rings. The number of carbonyl (C=O) groups excluding carboxylic acids is 2. The van der Waals surface area contributed by atoms with Crippen LogP contribution in [0.3, 0.4) is 0 Å². The molecular weight excluding hydrogens is 182 g/mol. The Morgan fingerprint density at radius 1 is 1.00 bits per heavy atom. The summed E-state index contributed by atoms with van der Waals surface area (Å²) in [6.07, 6.45) is 0.904. The van der Waals surface area contributed by atoms with Crippen molar-refractivity contribution in [3.05, 3.63) is 0 Å². The van der Waals surface area contributed by atoms with E-state index in [2.05, 4.69) is 15.5 Å². The van der Waals surface area contributed by atoms with Gasteiger partial charge in [-0.25, -0.2) is 0 Å². The molecule has 0 spiro atoms. The molecule has 2 amide bonds. The van der Waals surface area contributed by atoms with E-state index in [4.69, 9.17) is 0 Å². The summed E-state index contributed by atoms with van der Waals surface area (Å²) < 4.78 is 0. The number of hydrogen-bond acceptors (Lipinski definition) is 3. The monoisotopic (exact) mass is 197 g/mol. The Bertz CT molecular complexity index is 230. The van der Waals surface area contributed by atoms with Crippen molar-refractivity contribution in [3.8, 4) is 0 Å². The van der Waals surface area contributed by atoms with Gasteiger partial charge in [-0.1, -0.05) is 0 Å². The average molecular weight is 197 g/mol. The Morgan fingerprint density at radius 3 is 2.00 bits per heavy atom. The van der Waals surface area contributed by atoms with Crippen molar-refractivity contribution < 1.29 is 9.59 Å². The highest BCUT2D eigenvalue weighted by atomic mass is 16.2. The average Bonchev–Trinajstić information content (AvgIpc) is 2.37. The standard InChI is InChI=1S/C9H15N3O2/c13-8-5-7-6-9(14)11-2-4-12(7)3-1-10-8/h7H,1-6H2,(H,10,13)(H,11,14). The number of amides is 2. The molecular formula is C9H15N3O2. The molecule has 14 heavy (non-hydrogen) atoms. The van der Waals surface area contributed by atoms with Gasteiger partial charge in [0.15, 0.2) is 0 Å². The quantitative estimate of drug-likeness (QED) is 0.507. The van der Waals surface area contributed by atoms with Crippen LogP contribution in [0.25, 0.3) is 0 Å². The molecule has 0 bridgehead atoms. The fourth-order valence-corrected chi connectivity index (χ4v) is 2.06. The predicted molar refractivity (Wildman–Crippen MR) is 50.6 cm³/mol. The van der Waals surface area contributed by atoms with Crippen molar-refractivity contribution in [3.63, 3.8) is 0 Å². The van der Waals surface area contributed by atoms with Crippen molar-refractivity contribution >= 4 is 11.8 Å². The minimum absolute atomic E-state index is 0.0622. The molecule has 2 aliphatic heterocycles. The van der Waals surface area contributed by atoms with Gasteiger partial charge in [0.05, 0.1) is 0 Å². The van der Waals surface area contributed by atoms with Crippen molar-refractivity contribution in [2.75, 3.05) is 26.2 Å². The van der Waals surface area contributed by atoms with E-state index >= 15 is 0 Å². The Hall–Kier alpha value is -1.10. The number of nitrogens with zero attached hydrogens (tertiary/aromatic N) is 1. The summed E-state index contributed by atoms with van der Waals surface area (Å²) in [5, 5.41) is 5.65. The third-order valence-electron chi connectivity index (χ3n) is 2.80. The molecule has 0 aromatic heterocycles. The normalized spacial score (nSPS) is 25.7. The van der Waals surface area contributed by atoms with Gasteiger partial charge >= 0.3 is 0 Å². The third-order valence-corrected chi connectivity index (χ3v) is 2.80. The minimum Gasteiger partial charge on any atom is -0.355 e. The van der Waals surface area contributed by atoms with E-state index in [0.29, 0.717) is 25.9 Å².